The van der Waals surface area contributed by atoms with Gasteiger partial charge in [0.15, 0.2) is 11.7 Å². The Hall–Kier alpha value is -1.76. The van der Waals surface area contributed by atoms with Crippen LogP contribution >= 0.6 is 24.8 Å². The van der Waals surface area contributed by atoms with Crippen molar-refractivity contribution in [1.29, 1.82) is 0 Å². The molecule has 2 aromatic rings. The molecule has 0 bridgehead atoms. The van der Waals surface area contributed by atoms with E-state index < -0.39 is 0 Å². The lowest BCUT2D eigenvalue weighted by atomic mass is 10.1. The van der Waals surface area contributed by atoms with Crippen LogP contribution in [-0.2, 0) is 11.2 Å². The van der Waals surface area contributed by atoms with Crippen molar-refractivity contribution < 1.29 is 13.9 Å². The van der Waals surface area contributed by atoms with Crippen molar-refractivity contribution in [1.82, 2.24) is 15.2 Å². The van der Waals surface area contributed by atoms with E-state index in [0.717, 1.165) is 37.2 Å². The lowest BCUT2D eigenvalue weighted by molar-refractivity contribution is -0.132. The second kappa shape index (κ2) is 11.2. The molecule has 0 spiro atoms. The molecule has 27 heavy (non-hydrogen) atoms. The summed E-state index contributed by atoms with van der Waals surface area (Å²) in [5, 5.41) is 3.26. The Morgan fingerprint density at radius 1 is 1.33 bits per heavy atom. The highest BCUT2D eigenvalue weighted by Crippen LogP contribution is 2.23. The fourth-order valence-electron chi connectivity index (χ4n) is 3.13. The summed E-state index contributed by atoms with van der Waals surface area (Å²) in [6, 6.07) is 8.03. The van der Waals surface area contributed by atoms with Crippen LogP contribution in [0.1, 0.15) is 25.2 Å². The quantitative estimate of drug-likeness (QED) is 0.783. The van der Waals surface area contributed by atoms with Gasteiger partial charge in [0.2, 0.25) is 5.91 Å². The molecule has 1 N–H and O–H groups in total. The number of likely N-dealkylation sites (tertiary alicyclic amines) is 1. The number of likely N-dealkylation sites (N-methyl/N-ethyl adjacent to an activating group) is 1. The molecule has 0 saturated carbocycles. The first-order chi connectivity index (χ1) is 12.2. The Labute approximate surface area is 172 Å². The van der Waals surface area contributed by atoms with E-state index in [1.807, 2.05) is 36.2 Å². The van der Waals surface area contributed by atoms with Crippen molar-refractivity contribution in [2.45, 2.75) is 31.7 Å². The van der Waals surface area contributed by atoms with E-state index in [2.05, 4.69) is 10.3 Å². The largest absolute Gasteiger partial charge is 0.497 e. The molecule has 1 aliphatic rings. The van der Waals surface area contributed by atoms with Crippen LogP contribution in [0.4, 0.5) is 0 Å². The number of aryl methyl sites for hydroxylation is 1. The van der Waals surface area contributed by atoms with Crippen LogP contribution in [0.5, 0.6) is 5.75 Å². The van der Waals surface area contributed by atoms with E-state index in [0.29, 0.717) is 30.5 Å². The number of methoxy groups -OCH3 is 1. The third-order valence-corrected chi connectivity index (χ3v) is 4.66. The number of carbonyl (C=O) groups excluding carboxylic acids is 1. The number of ether oxygens (including phenoxy) is 1. The van der Waals surface area contributed by atoms with Crippen molar-refractivity contribution >= 4 is 30.7 Å². The molecule has 1 fully saturated rings. The van der Waals surface area contributed by atoms with E-state index in [-0.39, 0.29) is 30.7 Å². The minimum absolute atomic E-state index is 0. The predicted molar refractivity (Wildman–Crippen MR) is 110 cm³/mol. The second-order valence-electron chi connectivity index (χ2n) is 6.31. The maximum Gasteiger partial charge on any atom is 0.223 e. The van der Waals surface area contributed by atoms with Gasteiger partial charge in [0.25, 0.3) is 0 Å². The molecule has 1 amide bonds. The summed E-state index contributed by atoms with van der Waals surface area (Å²) in [7, 11) is 3.59. The summed E-state index contributed by atoms with van der Waals surface area (Å²) in [6.45, 7) is 1.64. The minimum atomic E-state index is 0. The SMILES string of the molecule is CNC1CCCN(C(=O)CCc2ncc(-c3ccc(OC)cc3)o2)C1.Cl.Cl. The van der Waals surface area contributed by atoms with Crippen molar-refractivity contribution in [2.24, 2.45) is 0 Å². The number of rotatable bonds is 6. The fraction of sp³-hybridized carbons (Fsp3) is 0.474. The number of piperidine rings is 1. The zero-order valence-electron chi connectivity index (χ0n) is 15.6. The number of nitrogens with one attached hydrogen (secondary N) is 1. The van der Waals surface area contributed by atoms with Crippen LogP contribution in [0.2, 0.25) is 0 Å². The number of hydrogen-bond acceptors (Lipinski definition) is 5. The van der Waals surface area contributed by atoms with Crippen LogP contribution in [-0.4, -0.2) is 49.1 Å². The summed E-state index contributed by atoms with van der Waals surface area (Å²) in [6.07, 6.45) is 4.84. The predicted octanol–water partition coefficient (Wildman–Crippen LogP) is 3.34. The van der Waals surface area contributed by atoms with Crippen molar-refractivity contribution in [3.05, 3.63) is 36.4 Å². The molecule has 6 nitrogen and oxygen atoms in total. The maximum absolute atomic E-state index is 12.4. The highest BCUT2D eigenvalue weighted by molar-refractivity contribution is 5.85. The summed E-state index contributed by atoms with van der Waals surface area (Å²) in [5.74, 6) is 2.28. The lowest BCUT2D eigenvalue weighted by Gasteiger charge is -2.32. The lowest BCUT2D eigenvalue weighted by Crippen LogP contribution is -2.47. The molecule has 150 valence electrons. The zero-order valence-corrected chi connectivity index (χ0v) is 17.3. The van der Waals surface area contributed by atoms with E-state index in [1.165, 1.54) is 0 Å². The molecule has 8 heteroatoms. The van der Waals surface area contributed by atoms with Gasteiger partial charge in [0.1, 0.15) is 5.75 Å². The Bertz CT molecular complexity index is 706. The molecule has 3 rings (SSSR count). The summed E-state index contributed by atoms with van der Waals surface area (Å²) >= 11 is 0. The van der Waals surface area contributed by atoms with E-state index in [4.69, 9.17) is 9.15 Å². The molecule has 0 aliphatic carbocycles. The second-order valence-corrected chi connectivity index (χ2v) is 6.31. The number of hydrogen-bond donors (Lipinski definition) is 1. The Balaban J connectivity index is 0.00000182. The van der Waals surface area contributed by atoms with Gasteiger partial charge in [-0.1, -0.05) is 0 Å². The first-order valence-electron chi connectivity index (χ1n) is 8.73. The maximum atomic E-state index is 12.4. The fourth-order valence-corrected chi connectivity index (χ4v) is 3.13. The number of amides is 1. The molecule has 1 unspecified atom stereocenters. The Morgan fingerprint density at radius 3 is 2.74 bits per heavy atom. The summed E-state index contributed by atoms with van der Waals surface area (Å²) in [4.78, 5) is 18.6. The smallest absolute Gasteiger partial charge is 0.223 e. The molecule has 1 atom stereocenters. The van der Waals surface area contributed by atoms with Gasteiger partial charge >= 0.3 is 0 Å². The normalized spacial score (nSPS) is 16.2. The van der Waals surface area contributed by atoms with Gasteiger partial charge in [-0.05, 0) is 44.2 Å². The molecular weight excluding hydrogens is 389 g/mol. The summed E-state index contributed by atoms with van der Waals surface area (Å²) in [5.41, 5.74) is 0.943. The third-order valence-electron chi connectivity index (χ3n) is 4.66. The first-order valence-corrected chi connectivity index (χ1v) is 8.73. The molecule has 1 aliphatic heterocycles. The average molecular weight is 416 g/mol. The molecule has 1 aromatic heterocycles. The molecule has 0 radical (unpaired) electrons. The number of oxazole rings is 1. The summed E-state index contributed by atoms with van der Waals surface area (Å²) < 4.78 is 10.9. The van der Waals surface area contributed by atoms with E-state index in [9.17, 15) is 4.79 Å². The van der Waals surface area contributed by atoms with Crippen molar-refractivity contribution in [2.75, 3.05) is 27.2 Å². The zero-order chi connectivity index (χ0) is 17.6. The molecular formula is C19H27Cl2N3O3. The van der Waals surface area contributed by atoms with Crippen LogP contribution in [0, 0.1) is 0 Å². The highest BCUT2D eigenvalue weighted by Gasteiger charge is 2.22. The van der Waals surface area contributed by atoms with Gasteiger partial charge in [-0.25, -0.2) is 4.98 Å². The van der Waals surface area contributed by atoms with Gasteiger partial charge < -0.3 is 19.4 Å². The van der Waals surface area contributed by atoms with Crippen molar-refractivity contribution in [3.63, 3.8) is 0 Å². The number of nitrogens with zero attached hydrogens (tertiary/aromatic N) is 2. The van der Waals surface area contributed by atoms with Crippen LogP contribution in [0.3, 0.4) is 0 Å². The first kappa shape index (κ1) is 23.3. The van der Waals surface area contributed by atoms with Crippen LogP contribution < -0.4 is 10.1 Å². The van der Waals surface area contributed by atoms with Crippen molar-refractivity contribution in [3.8, 4) is 17.1 Å². The number of halogens is 2. The Morgan fingerprint density at radius 2 is 2.07 bits per heavy atom. The van der Waals surface area contributed by atoms with Gasteiger partial charge in [0, 0.05) is 37.5 Å². The molecule has 1 saturated heterocycles. The van der Waals surface area contributed by atoms with Crippen LogP contribution in [0.25, 0.3) is 11.3 Å². The standard InChI is InChI=1S/C19H25N3O3.2ClH/c1-20-15-4-3-11-22(13-15)19(23)10-9-18-21-12-17(25-18)14-5-7-16(24-2)8-6-14;;/h5-8,12,15,20H,3-4,9-11,13H2,1-2H3;2*1H. The van der Waals surface area contributed by atoms with Gasteiger partial charge in [0.05, 0.1) is 13.3 Å². The van der Waals surface area contributed by atoms with Gasteiger partial charge in [-0.3, -0.25) is 4.79 Å². The average Bonchev–Trinajstić information content (AvgIpc) is 3.15. The van der Waals surface area contributed by atoms with E-state index in [1.54, 1.807) is 13.3 Å². The number of carbonyl (C=O) groups is 1. The monoisotopic (exact) mass is 415 g/mol. The molecule has 2 heterocycles. The number of aromatic nitrogens is 1. The van der Waals surface area contributed by atoms with Gasteiger partial charge in [-0.2, -0.15) is 0 Å². The van der Waals surface area contributed by atoms with E-state index >= 15 is 0 Å². The topological polar surface area (TPSA) is 67.6 Å². The number of benzene rings is 1. The van der Waals surface area contributed by atoms with Gasteiger partial charge in [-0.15, -0.1) is 24.8 Å². The molecule has 1 aromatic carbocycles. The minimum Gasteiger partial charge on any atom is -0.497 e. The highest BCUT2D eigenvalue weighted by atomic mass is 35.5. The Kier molecular flexibility index (Phi) is 9.63. The third kappa shape index (κ3) is 6.13. The van der Waals surface area contributed by atoms with Crippen LogP contribution in [0.15, 0.2) is 34.9 Å².